The van der Waals surface area contributed by atoms with Crippen LogP contribution in [0.1, 0.15) is 70.0 Å². The van der Waals surface area contributed by atoms with Gasteiger partial charge in [0.15, 0.2) is 0 Å². The van der Waals surface area contributed by atoms with Crippen LogP contribution in [0.15, 0.2) is 79.9 Å². The number of rotatable bonds is 18. The minimum Gasteiger partial charge on any atom is -0.455 e. The summed E-state index contributed by atoms with van der Waals surface area (Å²) >= 11 is 6.17. The molecule has 3 aliphatic rings. The van der Waals surface area contributed by atoms with Gasteiger partial charge in [-0.05, 0) is 68.9 Å². The summed E-state index contributed by atoms with van der Waals surface area (Å²) < 4.78 is 13.0. The van der Waals surface area contributed by atoms with Gasteiger partial charge in [0.05, 0.1) is 24.0 Å². The normalized spacial score (nSPS) is 24.5. The third-order valence-electron chi connectivity index (χ3n) is 10.7. The Hall–Kier alpha value is -3.99. The maximum Gasteiger partial charge on any atom is 0.313 e. The average molecular weight is 720 g/mol. The monoisotopic (exact) mass is 719 g/mol. The van der Waals surface area contributed by atoms with Crippen molar-refractivity contribution in [3.8, 4) is 0 Å². The molecule has 3 heterocycles. The molecule has 2 bridgehead atoms. The SMILES string of the molecule is C=CCCC(=O)N(C)[C@H](C)[C@H](OC(=O)[C@@H]1[C@H]2C(=O)N(CCCCCCO)[C@H](C(=O)N(CC=C)c3ccc(Cl)cc3)[C@]23CC[C@H]1O3)c1ccccc1. The molecule has 10 nitrogen and oxygen atoms in total. The van der Waals surface area contributed by atoms with E-state index < -0.39 is 47.7 Å². The fourth-order valence-corrected chi connectivity index (χ4v) is 8.16. The van der Waals surface area contributed by atoms with Crippen molar-refractivity contribution < 1.29 is 33.8 Å². The van der Waals surface area contributed by atoms with Crippen molar-refractivity contribution in [2.45, 2.75) is 88.2 Å². The van der Waals surface area contributed by atoms with Crippen molar-refractivity contribution in [3.05, 3.63) is 90.5 Å². The number of amides is 3. The molecule has 3 amide bonds. The summed E-state index contributed by atoms with van der Waals surface area (Å²) in [5.74, 6) is -3.13. The second kappa shape index (κ2) is 17.0. The van der Waals surface area contributed by atoms with Gasteiger partial charge in [-0.3, -0.25) is 19.2 Å². The smallest absolute Gasteiger partial charge is 0.313 e. The highest BCUT2D eigenvalue weighted by Gasteiger charge is 2.75. The lowest BCUT2D eigenvalue weighted by Gasteiger charge is -2.37. The molecule has 3 saturated heterocycles. The largest absolute Gasteiger partial charge is 0.455 e. The molecule has 5 rings (SSSR count). The maximum absolute atomic E-state index is 14.8. The van der Waals surface area contributed by atoms with Crippen molar-refractivity contribution in [1.29, 1.82) is 0 Å². The third-order valence-corrected chi connectivity index (χ3v) is 11.0. The first-order valence-electron chi connectivity index (χ1n) is 18.0. The number of carbonyl (C=O) groups is 4. The van der Waals surface area contributed by atoms with E-state index in [-0.39, 0.29) is 37.3 Å². The van der Waals surface area contributed by atoms with Gasteiger partial charge in [-0.15, -0.1) is 13.2 Å². The second-order valence-electron chi connectivity index (χ2n) is 13.8. The number of nitrogens with zero attached hydrogens (tertiary/aromatic N) is 3. The molecule has 1 N–H and O–H groups in total. The predicted molar refractivity (Wildman–Crippen MR) is 196 cm³/mol. The number of benzene rings is 2. The molecule has 0 saturated carbocycles. The highest BCUT2D eigenvalue weighted by Crippen LogP contribution is 2.59. The molecule has 0 aromatic heterocycles. The van der Waals surface area contributed by atoms with Gasteiger partial charge in [-0.25, -0.2) is 0 Å². The summed E-state index contributed by atoms with van der Waals surface area (Å²) in [6.45, 7) is 10.0. The fraction of sp³-hybridized carbons (Fsp3) is 0.500. The highest BCUT2D eigenvalue weighted by atomic mass is 35.5. The molecule has 0 radical (unpaired) electrons. The molecule has 3 aliphatic heterocycles. The molecule has 11 heteroatoms. The van der Waals surface area contributed by atoms with Crippen LogP contribution < -0.4 is 4.90 Å². The molecule has 7 atom stereocenters. The summed E-state index contributed by atoms with van der Waals surface area (Å²) in [5, 5.41) is 9.80. The van der Waals surface area contributed by atoms with Crippen molar-refractivity contribution >= 4 is 41.0 Å². The van der Waals surface area contributed by atoms with Crippen LogP contribution in [0.2, 0.25) is 5.02 Å². The van der Waals surface area contributed by atoms with E-state index in [4.69, 9.17) is 21.1 Å². The van der Waals surface area contributed by atoms with Gasteiger partial charge in [0.1, 0.15) is 17.7 Å². The summed E-state index contributed by atoms with van der Waals surface area (Å²) in [4.78, 5) is 61.6. The lowest BCUT2D eigenvalue weighted by atomic mass is 9.70. The zero-order valence-corrected chi connectivity index (χ0v) is 30.4. The van der Waals surface area contributed by atoms with E-state index in [0.717, 1.165) is 18.4 Å². The number of anilines is 1. The topological polar surface area (TPSA) is 117 Å². The molecule has 274 valence electrons. The Balaban J connectivity index is 1.47. The Kier molecular flexibility index (Phi) is 12.8. The molecule has 0 aliphatic carbocycles. The number of allylic oxidation sites excluding steroid dienone is 1. The van der Waals surface area contributed by atoms with Crippen LogP contribution in [0.5, 0.6) is 0 Å². The van der Waals surface area contributed by atoms with Gasteiger partial charge in [0.2, 0.25) is 11.8 Å². The Morgan fingerprint density at radius 1 is 1.08 bits per heavy atom. The Morgan fingerprint density at radius 3 is 2.45 bits per heavy atom. The number of hydrogen-bond donors (Lipinski definition) is 1. The standard InChI is InChI=1S/C40H50ClN3O7/c1-5-7-17-32(46)42(4)27(3)35(28-15-11-10-12-16-28)50-39(49)33-31-22-23-40(51-31)34(33)37(47)44(25-13-8-9-14-26-45)36(40)38(48)43(24-6-2)30-20-18-29(41)19-21-30/h5-6,10-12,15-16,18-21,27,31,33-36,45H,1-2,7-9,13-14,17,22-26H2,3-4H3/t27-,31-,33+,34+,35+,36-,40+/m1/s1. The average Bonchev–Trinajstić information content (AvgIpc) is 3.78. The van der Waals surface area contributed by atoms with Crippen LogP contribution in [-0.4, -0.2) is 89.1 Å². The van der Waals surface area contributed by atoms with Crippen molar-refractivity contribution in [2.24, 2.45) is 11.8 Å². The molecule has 51 heavy (non-hydrogen) atoms. The van der Waals surface area contributed by atoms with E-state index >= 15 is 0 Å². The van der Waals surface area contributed by atoms with Crippen LogP contribution in [0.4, 0.5) is 5.69 Å². The van der Waals surface area contributed by atoms with Crippen LogP contribution in [0.3, 0.4) is 0 Å². The summed E-state index contributed by atoms with van der Waals surface area (Å²) in [5.41, 5.74) is 0.110. The Bertz CT molecular complexity index is 1570. The maximum atomic E-state index is 14.8. The lowest BCUT2D eigenvalue weighted by Crippen LogP contribution is -2.56. The Labute approximate surface area is 306 Å². The number of hydrogen-bond acceptors (Lipinski definition) is 7. The molecule has 0 unspecified atom stereocenters. The highest BCUT2D eigenvalue weighted by molar-refractivity contribution is 6.30. The number of aliphatic hydroxyl groups is 1. The van der Waals surface area contributed by atoms with E-state index in [1.54, 1.807) is 58.2 Å². The van der Waals surface area contributed by atoms with Crippen LogP contribution in [-0.2, 0) is 28.7 Å². The van der Waals surface area contributed by atoms with E-state index in [0.29, 0.717) is 49.4 Å². The third kappa shape index (κ3) is 7.78. The van der Waals surface area contributed by atoms with E-state index in [2.05, 4.69) is 13.2 Å². The number of carbonyl (C=O) groups excluding carboxylic acids is 4. The van der Waals surface area contributed by atoms with Gasteiger partial charge in [-0.2, -0.15) is 0 Å². The van der Waals surface area contributed by atoms with Gasteiger partial charge in [-0.1, -0.05) is 66.9 Å². The number of halogens is 1. The summed E-state index contributed by atoms with van der Waals surface area (Å²) in [7, 11) is 1.69. The first kappa shape index (κ1) is 38.2. The number of aliphatic hydroxyl groups excluding tert-OH is 1. The van der Waals surface area contributed by atoms with Gasteiger partial charge >= 0.3 is 5.97 Å². The fourth-order valence-electron chi connectivity index (χ4n) is 8.03. The molecule has 2 aromatic rings. The molecular formula is C40H50ClN3O7. The van der Waals surface area contributed by atoms with Crippen molar-refractivity contribution in [1.82, 2.24) is 9.80 Å². The Morgan fingerprint density at radius 2 is 1.78 bits per heavy atom. The number of likely N-dealkylation sites (N-methyl/N-ethyl adjacent to an activating group) is 1. The zero-order chi connectivity index (χ0) is 36.7. The van der Waals surface area contributed by atoms with Gasteiger partial charge in [0.25, 0.3) is 5.91 Å². The van der Waals surface area contributed by atoms with Crippen LogP contribution >= 0.6 is 11.6 Å². The zero-order valence-electron chi connectivity index (χ0n) is 29.6. The van der Waals surface area contributed by atoms with Gasteiger partial charge in [0, 0.05) is 43.9 Å². The summed E-state index contributed by atoms with van der Waals surface area (Å²) in [6, 6.07) is 14.7. The first-order chi connectivity index (χ1) is 24.6. The molecule has 3 fully saturated rings. The summed E-state index contributed by atoms with van der Waals surface area (Å²) in [6.07, 6.45) is 6.48. The molecule has 1 spiro atoms. The minimum atomic E-state index is -1.22. The second-order valence-corrected chi connectivity index (χ2v) is 14.2. The van der Waals surface area contributed by atoms with Crippen LogP contribution in [0.25, 0.3) is 0 Å². The van der Waals surface area contributed by atoms with Gasteiger partial charge < -0.3 is 29.3 Å². The molecular weight excluding hydrogens is 670 g/mol. The molecule has 2 aromatic carbocycles. The number of esters is 1. The first-order valence-corrected chi connectivity index (χ1v) is 18.4. The number of unbranched alkanes of at least 4 members (excludes halogenated alkanes) is 3. The minimum absolute atomic E-state index is 0.0902. The number of likely N-dealkylation sites (tertiary alicyclic amines) is 1. The lowest BCUT2D eigenvalue weighted by molar-refractivity contribution is -0.164. The number of fused-ring (bicyclic) bond motifs is 1. The van der Waals surface area contributed by atoms with E-state index in [1.807, 2.05) is 37.3 Å². The van der Waals surface area contributed by atoms with Crippen molar-refractivity contribution in [2.75, 3.05) is 31.6 Å². The van der Waals surface area contributed by atoms with E-state index in [9.17, 15) is 24.3 Å². The quantitative estimate of drug-likeness (QED) is 0.116. The number of ether oxygens (including phenoxy) is 2. The van der Waals surface area contributed by atoms with Crippen molar-refractivity contribution in [3.63, 3.8) is 0 Å². The van der Waals surface area contributed by atoms with Crippen LogP contribution in [0, 0.1) is 11.8 Å². The predicted octanol–water partition coefficient (Wildman–Crippen LogP) is 5.88. The van der Waals surface area contributed by atoms with E-state index in [1.165, 1.54) is 0 Å².